The molecule has 56 valence electrons. The molecule has 0 aromatic heterocycles. The van der Waals surface area contributed by atoms with Crippen LogP contribution in [-0.2, 0) is 0 Å². The SMILES string of the molecule is C=C(C)C1=CC(C)(C)CN1. The zero-order valence-corrected chi connectivity index (χ0v) is 6.99. The predicted octanol–water partition coefficient (Wildman–Crippen LogP) is 2.08. The van der Waals surface area contributed by atoms with E-state index in [1.54, 1.807) is 0 Å². The lowest BCUT2D eigenvalue weighted by Gasteiger charge is -2.11. The van der Waals surface area contributed by atoms with Gasteiger partial charge in [-0.1, -0.05) is 26.5 Å². The van der Waals surface area contributed by atoms with Gasteiger partial charge in [0.25, 0.3) is 0 Å². The van der Waals surface area contributed by atoms with Crippen molar-refractivity contribution in [3.8, 4) is 0 Å². The normalized spacial score (nSPS) is 21.7. The fourth-order valence-electron chi connectivity index (χ4n) is 1.09. The lowest BCUT2D eigenvalue weighted by molar-refractivity contribution is 0.496. The van der Waals surface area contributed by atoms with Crippen molar-refractivity contribution < 1.29 is 0 Å². The molecule has 0 atom stereocenters. The second-order valence-corrected chi connectivity index (χ2v) is 3.68. The minimum absolute atomic E-state index is 0.314. The van der Waals surface area contributed by atoms with Crippen molar-refractivity contribution in [3.05, 3.63) is 23.9 Å². The highest BCUT2D eigenvalue weighted by Crippen LogP contribution is 2.25. The quantitative estimate of drug-likeness (QED) is 0.583. The van der Waals surface area contributed by atoms with Crippen LogP contribution < -0.4 is 5.32 Å². The van der Waals surface area contributed by atoms with Gasteiger partial charge in [0.05, 0.1) is 0 Å². The molecular formula is C9H15N. The van der Waals surface area contributed by atoms with Gasteiger partial charge in [-0.05, 0) is 12.5 Å². The van der Waals surface area contributed by atoms with Gasteiger partial charge in [0.1, 0.15) is 0 Å². The molecule has 0 fully saturated rings. The van der Waals surface area contributed by atoms with E-state index in [-0.39, 0.29) is 0 Å². The molecule has 0 unspecified atom stereocenters. The number of hydrogen-bond acceptors (Lipinski definition) is 1. The largest absolute Gasteiger partial charge is 0.384 e. The van der Waals surface area contributed by atoms with E-state index >= 15 is 0 Å². The van der Waals surface area contributed by atoms with Gasteiger partial charge < -0.3 is 5.32 Å². The highest BCUT2D eigenvalue weighted by Gasteiger charge is 2.21. The maximum absolute atomic E-state index is 3.87. The molecule has 0 bridgehead atoms. The average Bonchev–Trinajstić information content (AvgIpc) is 2.10. The van der Waals surface area contributed by atoms with Crippen LogP contribution in [0, 0.1) is 5.41 Å². The summed E-state index contributed by atoms with van der Waals surface area (Å²) >= 11 is 0. The van der Waals surface area contributed by atoms with Gasteiger partial charge in [-0.3, -0.25) is 0 Å². The van der Waals surface area contributed by atoms with Gasteiger partial charge in [-0.15, -0.1) is 0 Å². The summed E-state index contributed by atoms with van der Waals surface area (Å²) in [5.41, 5.74) is 2.66. The van der Waals surface area contributed by atoms with Crippen molar-refractivity contribution in [2.45, 2.75) is 20.8 Å². The first kappa shape index (κ1) is 7.39. The first-order valence-electron chi connectivity index (χ1n) is 3.64. The van der Waals surface area contributed by atoms with Gasteiger partial charge in [0.15, 0.2) is 0 Å². The van der Waals surface area contributed by atoms with E-state index in [0.29, 0.717) is 5.41 Å². The van der Waals surface area contributed by atoms with E-state index in [9.17, 15) is 0 Å². The van der Waals surface area contributed by atoms with Crippen LogP contribution in [-0.4, -0.2) is 6.54 Å². The summed E-state index contributed by atoms with van der Waals surface area (Å²) in [5.74, 6) is 0. The van der Waals surface area contributed by atoms with Crippen molar-refractivity contribution >= 4 is 0 Å². The molecule has 0 saturated heterocycles. The summed E-state index contributed by atoms with van der Waals surface area (Å²) in [6.45, 7) is 11.4. The monoisotopic (exact) mass is 137 g/mol. The van der Waals surface area contributed by atoms with Crippen molar-refractivity contribution in [3.63, 3.8) is 0 Å². The Hall–Kier alpha value is -0.720. The highest BCUT2D eigenvalue weighted by atomic mass is 14.9. The van der Waals surface area contributed by atoms with Crippen LogP contribution in [0.1, 0.15) is 20.8 Å². The number of rotatable bonds is 1. The molecule has 0 spiro atoms. The summed E-state index contributed by atoms with van der Waals surface area (Å²) in [7, 11) is 0. The zero-order valence-electron chi connectivity index (χ0n) is 6.99. The van der Waals surface area contributed by atoms with Crippen LogP contribution in [0.25, 0.3) is 0 Å². The molecule has 1 N–H and O–H groups in total. The summed E-state index contributed by atoms with van der Waals surface area (Å²) in [6, 6.07) is 0. The fraction of sp³-hybridized carbons (Fsp3) is 0.556. The van der Waals surface area contributed by atoms with E-state index in [1.165, 1.54) is 5.70 Å². The first-order chi connectivity index (χ1) is 4.51. The average molecular weight is 137 g/mol. The van der Waals surface area contributed by atoms with E-state index in [4.69, 9.17) is 0 Å². The lowest BCUT2D eigenvalue weighted by Crippen LogP contribution is -2.17. The molecule has 0 aliphatic carbocycles. The molecule has 0 aromatic carbocycles. The van der Waals surface area contributed by atoms with E-state index < -0.39 is 0 Å². The second-order valence-electron chi connectivity index (χ2n) is 3.68. The Kier molecular flexibility index (Phi) is 1.59. The first-order valence-corrected chi connectivity index (χ1v) is 3.64. The third-order valence-corrected chi connectivity index (χ3v) is 1.73. The number of allylic oxidation sites excluding steroid dienone is 1. The Bertz CT molecular complexity index is 187. The summed E-state index contributed by atoms with van der Waals surface area (Å²) in [5, 5.41) is 3.31. The molecule has 0 amide bonds. The van der Waals surface area contributed by atoms with E-state index in [1.807, 2.05) is 6.92 Å². The maximum Gasteiger partial charge on any atom is 0.0329 e. The smallest absolute Gasteiger partial charge is 0.0329 e. The minimum atomic E-state index is 0.314. The topological polar surface area (TPSA) is 12.0 Å². The highest BCUT2D eigenvalue weighted by molar-refractivity contribution is 5.30. The minimum Gasteiger partial charge on any atom is -0.384 e. The Morgan fingerprint density at radius 3 is 2.50 bits per heavy atom. The van der Waals surface area contributed by atoms with Crippen LogP contribution in [0.2, 0.25) is 0 Å². The molecule has 1 heteroatoms. The van der Waals surface area contributed by atoms with Gasteiger partial charge >= 0.3 is 0 Å². The van der Waals surface area contributed by atoms with Gasteiger partial charge in [0.2, 0.25) is 0 Å². The Balaban J connectivity index is 2.76. The van der Waals surface area contributed by atoms with Crippen LogP contribution in [0.5, 0.6) is 0 Å². The standard InChI is InChI=1S/C9H15N/c1-7(2)8-5-9(3,4)6-10-8/h5,10H,1,6H2,2-4H3. The molecule has 1 aliphatic heterocycles. The van der Waals surface area contributed by atoms with E-state index in [0.717, 1.165) is 12.1 Å². The van der Waals surface area contributed by atoms with Crippen LogP contribution in [0.4, 0.5) is 0 Å². The lowest BCUT2D eigenvalue weighted by atomic mass is 9.95. The predicted molar refractivity (Wildman–Crippen MR) is 44.7 cm³/mol. The summed E-state index contributed by atoms with van der Waals surface area (Å²) in [6.07, 6.45) is 2.25. The van der Waals surface area contributed by atoms with Crippen molar-refractivity contribution in [2.24, 2.45) is 5.41 Å². The van der Waals surface area contributed by atoms with Crippen LogP contribution >= 0.6 is 0 Å². The number of hydrogen-bond donors (Lipinski definition) is 1. The van der Waals surface area contributed by atoms with Crippen molar-refractivity contribution in [1.29, 1.82) is 0 Å². The molecule has 1 rings (SSSR count). The van der Waals surface area contributed by atoms with Crippen molar-refractivity contribution in [1.82, 2.24) is 5.32 Å². The molecule has 1 aliphatic rings. The third-order valence-electron chi connectivity index (χ3n) is 1.73. The Labute approximate surface area is 62.8 Å². The van der Waals surface area contributed by atoms with Gasteiger partial charge in [-0.2, -0.15) is 0 Å². The molecule has 1 heterocycles. The molecular weight excluding hydrogens is 122 g/mol. The van der Waals surface area contributed by atoms with Gasteiger partial charge in [0, 0.05) is 17.7 Å². The molecule has 0 radical (unpaired) electrons. The molecule has 0 aromatic rings. The maximum atomic E-state index is 3.87. The molecule has 1 nitrogen and oxygen atoms in total. The summed E-state index contributed by atoms with van der Waals surface area (Å²) in [4.78, 5) is 0. The van der Waals surface area contributed by atoms with E-state index in [2.05, 4.69) is 31.8 Å². The number of nitrogens with one attached hydrogen (secondary N) is 1. The van der Waals surface area contributed by atoms with Crippen molar-refractivity contribution in [2.75, 3.05) is 6.54 Å². The Morgan fingerprint density at radius 2 is 2.30 bits per heavy atom. The zero-order chi connectivity index (χ0) is 7.78. The van der Waals surface area contributed by atoms with Crippen LogP contribution in [0.3, 0.4) is 0 Å². The summed E-state index contributed by atoms with van der Waals surface area (Å²) < 4.78 is 0. The van der Waals surface area contributed by atoms with Gasteiger partial charge in [-0.25, -0.2) is 0 Å². The fourth-order valence-corrected chi connectivity index (χ4v) is 1.09. The third kappa shape index (κ3) is 1.41. The Morgan fingerprint density at radius 1 is 1.70 bits per heavy atom. The molecule has 10 heavy (non-hydrogen) atoms. The second kappa shape index (κ2) is 2.15. The van der Waals surface area contributed by atoms with Crippen LogP contribution in [0.15, 0.2) is 23.9 Å². The molecule has 0 saturated carbocycles.